The Hall–Kier alpha value is -2.62. The Kier molecular flexibility index (Phi) is 12.4. The van der Waals surface area contributed by atoms with E-state index in [2.05, 4.69) is 10.6 Å². The number of unbranched alkanes of at least 4 members (excludes halogenated alkanes) is 1. The Bertz CT molecular complexity index is 750. The summed E-state index contributed by atoms with van der Waals surface area (Å²) in [6.45, 7) is 7.49. The van der Waals surface area contributed by atoms with Gasteiger partial charge in [-0.25, -0.2) is 14.4 Å². The molecule has 1 aromatic carbocycles. The minimum absolute atomic E-state index is 0.0757. The molecular formula is C22H34N2O7S. The van der Waals surface area contributed by atoms with E-state index in [0.29, 0.717) is 6.42 Å². The lowest BCUT2D eigenvalue weighted by Crippen LogP contribution is -2.48. The lowest BCUT2D eigenvalue weighted by Gasteiger charge is -2.24. The molecule has 9 nitrogen and oxygen atoms in total. The smallest absolute Gasteiger partial charge is 0.407 e. The first kappa shape index (κ1) is 27.4. The fourth-order valence-corrected chi connectivity index (χ4v) is 3.43. The van der Waals surface area contributed by atoms with E-state index >= 15 is 0 Å². The van der Waals surface area contributed by atoms with E-state index in [-0.39, 0.29) is 31.3 Å². The second kappa shape index (κ2) is 14.4. The van der Waals surface area contributed by atoms with Crippen LogP contribution < -0.4 is 10.6 Å². The van der Waals surface area contributed by atoms with E-state index < -0.39 is 40.6 Å². The van der Waals surface area contributed by atoms with Crippen molar-refractivity contribution in [3.05, 3.63) is 35.9 Å². The zero-order valence-electron chi connectivity index (χ0n) is 19.2. The number of hydrogen-bond donors (Lipinski definition) is 2. The first-order valence-corrected chi connectivity index (χ1v) is 12.0. The van der Waals surface area contributed by atoms with Crippen LogP contribution in [0.5, 0.6) is 0 Å². The van der Waals surface area contributed by atoms with Gasteiger partial charge in [0.05, 0.1) is 12.4 Å². The largest absolute Gasteiger partial charge is 0.458 e. The molecule has 2 unspecified atom stereocenters. The molecule has 0 bridgehead atoms. The topological polar surface area (TPSA) is 120 Å². The molecule has 0 fully saturated rings. The monoisotopic (exact) mass is 470 g/mol. The summed E-state index contributed by atoms with van der Waals surface area (Å²) >= 11 is 0. The third kappa shape index (κ3) is 12.9. The molecule has 2 atom stereocenters. The van der Waals surface area contributed by atoms with Gasteiger partial charge in [0.15, 0.2) is 0 Å². The third-order valence-electron chi connectivity index (χ3n) is 3.88. The van der Waals surface area contributed by atoms with Crippen molar-refractivity contribution in [2.24, 2.45) is 0 Å². The first-order valence-electron chi connectivity index (χ1n) is 10.6. The average Bonchev–Trinajstić information content (AvgIpc) is 2.71. The number of benzene rings is 1. The van der Waals surface area contributed by atoms with Crippen LogP contribution in [0.15, 0.2) is 30.3 Å². The number of alkyl carbamates (subject to hydrolysis) is 2. The number of carbonyl (C=O) groups is 3. The summed E-state index contributed by atoms with van der Waals surface area (Å²) in [4.78, 5) is 36.2. The van der Waals surface area contributed by atoms with Crippen LogP contribution in [0.1, 0.15) is 46.1 Å². The molecule has 1 rings (SSSR count). The van der Waals surface area contributed by atoms with Crippen molar-refractivity contribution < 1.29 is 32.8 Å². The standard InChI is InChI=1S/C22H34N2O7S/c1-5-6-13-29-21(27)24-18(19(25)31-22(2,3)4)16-32(28)14-12-23-20(26)30-15-17-10-8-7-9-11-17/h7-11,18H,5-6,12-16H2,1-4H3,(H,23,26)(H,24,27). The van der Waals surface area contributed by atoms with Crippen molar-refractivity contribution in [3.63, 3.8) is 0 Å². The molecule has 0 heterocycles. The molecule has 0 saturated carbocycles. The van der Waals surface area contributed by atoms with E-state index in [9.17, 15) is 18.6 Å². The van der Waals surface area contributed by atoms with Crippen LogP contribution in [0.4, 0.5) is 9.59 Å². The minimum Gasteiger partial charge on any atom is -0.458 e. The summed E-state index contributed by atoms with van der Waals surface area (Å²) in [5.41, 5.74) is 0.0811. The lowest BCUT2D eigenvalue weighted by molar-refractivity contribution is -0.156. The van der Waals surface area contributed by atoms with Gasteiger partial charge in [0, 0.05) is 23.1 Å². The van der Waals surface area contributed by atoms with Crippen molar-refractivity contribution >= 4 is 29.0 Å². The lowest BCUT2D eigenvalue weighted by atomic mass is 10.2. The van der Waals surface area contributed by atoms with Crippen molar-refractivity contribution in [2.45, 2.75) is 58.8 Å². The summed E-state index contributed by atoms with van der Waals surface area (Å²) in [5, 5.41) is 4.94. The van der Waals surface area contributed by atoms with Gasteiger partial charge in [-0.2, -0.15) is 0 Å². The molecule has 0 spiro atoms. The molecule has 180 valence electrons. The maximum Gasteiger partial charge on any atom is 0.407 e. The Morgan fingerprint density at radius 3 is 2.38 bits per heavy atom. The maximum absolute atomic E-state index is 12.4. The molecule has 0 radical (unpaired) electrons. The highest BCUT2D eigenvalue weighted by Gasteiger charge is 2.29. The predicted molar refractivity (Wildman–Crippen MR) is 122 cm³/mol. The van der Waals surface area contributed by atoms with Crippen LogP contribution in [0.3, 0.4) is 0 Å². The van der Waals surface area contributed by atoms with Crippen LogP contribution >= 0.6 is 0 Å². The number of rotatable bonds is 12. The van der Waals surface area contributed by atoms with E-state index in [0.717, 1.165) is 12.0 Å². The zero-order chi connectivity index (χ0) is 24.0. The summed E-state index contributed by atoms with van der Waals surface area (Å²) in [6, 6.07) is 8.08. The highest BCUT2D eigenvalue weighted by molar-refractivity contribution is 7.85. The molecule has 0 aromatic heterocycles. The van der Waals surface area contributed by atoms with Gasteiger partial charge in [0.1, 0.15) is 18.2 Å². The van der Waals surface area contributed by atoms with Gasteiger partial charge in [-0.15, -0.1) is 0 Å². The van der Waals surface area contributed by atoms with Gasteiger partial charge in [0.2, 0.25) is 0 Å². The number of esters is 1. The molecule has 0 aliphatic carbocycles. The number of nitrogens with one attached hydrogen (secondary N) is 2. The molecule has 0 saturated heterocycles. The Labute approximate surface area is 192 Å². The van der Waals surface area contributed by atoms with Gasteiger partial charge in [-0.1, -0.05) is 43.7 Å². The van der Waals surface area contributed by atoms with E-state index in [1.165, 1.54) is 0 Å². The molecule has 2 N–H and O–H groups in total. The van der Waals surface area contributed by atoms with Crippen LogP contribution in [0.25, 0.3) is 0 Å². The molecule has 32 heavy (non-hydrogen) atoms. The van der Waals surface area contributed by atoms with Crippen LogP contribution in [0, 0.1) is 0 Å². The summed E-state index contributed by atoms with van der Waals surface area (Å²) in [6.07, 6.45) is 0.150. The van der Waals surface area contributed by atoms with Gasteiger partial charge in [-0.05, 0) is 32.8 Å². The Balaban J connectivity index is 2.48. The van der Waals surface area contributed by atoms with Gasteiger partial charge in [0.25, 0.3) is 0 Å². The SMILES string of the molecule is CCCCOC(=O)NC(CS(=O)CCNC(=O)OCc1ccccc1)C(=O)OC(C)(C)C. The van der Waals surface area contributed by atoms with Gasteiger partial charge < -0.3 is 24.8 Å². The zero-order valence-corrected chi connectivity index (χ0v) is 20.0. The van der Waals surface area contributed by atoms with Crippen molar-refractivity contribution in [1.82, 2.24) is 10.6 Å². The van der Waals surface area contributed by atoms with Gasteiger partial charge >= 0.3 is 18.2 Å². The van der Waals surface area contributed by atoms with E-state index in [4.69, 9.17) is 14.2 Å². The number of carbonyl (C=O) groups excluding carboxylic acids is 3. The van der Waals surface area contributed by atoms with Crippen LogP contribution in [0.2, 0.25) is 0 Å². The van der Waals surface area contributed by atoms with E-state index in [1.54, 1.807) is 20.8 Å². The Morgan fingerprint density at radius 2 is 1.75 bits per heavy atom. The molecule has 1 aromatic rings. The van der Waals surface area contributed by atoms with Crippen LogP contribution in [-0.4, -0.2) is 58.7 Å². The quantitative estimate of drug-likeness (QED) is 0.274. The third-order valence-corrected chi connectivity index (χ3v) is 5.24. The molecular weight excluding hydrogens is 436 g/mol. The van der Waals surface area contributed by atoms with Crippen molar-refractivity contribution in [3.8, 4) is 0 Å². The normalized spacial score (nSPS) is 12.9. The maximum atomic E-state index is 12.4. The average molecular weight is 471 g/mol. The molecule has 10 heteroatoms. The van der Waals surface area contributed by atoms with Crippen molar-refractivity contribution in [1.29, 1.82) is 0 Å². The fraction of sp³-hybridized carbons (Fsp3) is 0.591. The highest BCUT2D eigenvalue weighted by atomic mass is 32.2. The number of ether oxygens (including phenoxy) is 3. The number of amides is 2. The summed E-state index contributed by atoms with van der Waals surface area (Å²) in [7, 11) is -1.52. The van der Waals surface area contributed by atoms with Gasteiger partial charge in [-0.3, -0.25) is 4.21 Å². The van der Waals surface area contributed by atoms with E-state index in [1.807, 2.05) is 37.3 Å². The molecule has 0 aliphatic rings. The first-order chi connectivity index (χ1) is 15.1. The van der Waals surface area contributed by atoms with Crippen molar-refractivity contribution in [2.75, 3.05) is 24.7 Å². The summed E-state index contributed by atoms with van der Waals surface area (Å²) in [5.74, 6) is -0.793. The second-order valence-corrected chi connectivity index (χ2v) is 9.64. The summed E-state index contributed by atoms with van der Waals surface area (Å²) < 4.78 is 27.9. The van der Waals surface area contributed by atoms with Crippen LogP contribution in [-0.2, 0) is 36.4 Å². The Morgan fingerprint density at radius 1 is 1.06 bits per heavy atom. The highest BCUT2D eigenvalue weighted by Crippen LogP contribution is 2.09. The predicted octanol–water partition coefficient (Wildman–Crippen LogP) is 2.90. The second-order valence-electron chi connectivity index (χ2n) is 8.02. The molecule has 2 amide bonds. The minimum atomic E-state index is -1.52. The molecule has 0 aliphatic heterocycles. The fourth-order valence-electron chi connectivity index (χ4n) is 2.34. The number of hydrogen-bond acceptors (Lipinski definition) is 7.